The molecule has 152 valence electrons. The third-order valence-electron chi connectivity index (χ3n) is 4.42. The van der Waals surface area contributed by atoms with Crippen LogP contribution < -0.4 is 15.5 Å². The van der Waals surface area contributed by atoms with Crippen LogP contribution in [0.15, 0.2) is 24.3 Å². The Bertz CT molecular complexity index is 705. The molecule has 1 aliphatic rings. The van der Waals surface area contributed by atoms with Crippen molar-refractivity contribution >= 4 is 21.7 Å². The van der Waals surface area contributed by atoms with Gasteiger partial charge in [-0.3, -0.25) is 0 Å². The maximum atomic E-state index is 12.2. The number of sulfonamides is 1. The predicted molar refractivity (Wildman–Crippen MR) is 107 cm³/mol. The number of ether oxygens (including phenoxy) is 1. The zero-order valence-electron chi connectivity index (χ0n) is 16.1. The van der Waals surface area contributed by atoms with E-state index in [1.807, 2.05) is 25.1 Å². The number of anilines is 1. The van der Waals surface area contributed by atoms with Crippen LogP contribution in [0.4, 0.5) is 10.5 Å². The summed E-state index contributed by atoms with van der Waals surface area (Å²) in [6.07, 6.45) is 0. The Labute approximate surface area is 161 Å². The molecule has 9 heteroatoms. The molecule has 0 radical (unpaired) electrons. The maximum absolute atomic E-state index is 12.2. The standard InChI is InChI=1S/C18H30N4O4S/c1-3-21(17-6-4-5-16(2)15-17)9-7-19-18(23)20-8-14-27(24,25)22-10-12-26-13-11-22/h4-6,15H,3,7-14H2,1-2H3,(H2,19,20,23). The first-order valence-corrected chi connectivity index (χ1v) is 10.9. The monoisotopic (exact) mass is 398 g/mol. The van der Waals surface area contributed by atoms with Crippen LogP contribution in [-0.4, -0.2) is 77.0 Å². The maximum Gasteiger partial charge on any atom is 0.314 e. The fourth-order valence-electron chi connectivity index (χ4n) is 2.91. The molecule has 0 aromatic heterocycles. The van der Waals surface area contributed by atoms with Crippen LogP contribution in [0.3, 0.4) is 0 Å². The highest BCUT2D eigenvalue weighted by Gasteiger charge is 2.23. The average Bonchev–Trinajstić information content (AvgIpc) is 2.66. The van der Waals surface area contributed by atoms with Crippen molar-refractivity contribution in [1.29, 1.82) is 0 Å². The van der Waals surface area contributed by atoms with Gasteiger partial charge in [0.25, 0.3) is 0 Å². The third-order valence-corrected chi connectivity index (χ3v) is 6.30. The Morgan fingerprint density at radius 2 is 1.93 bits per heavy atom. The second-order valence-electron chi connectivity index (χ2n) is 6.43. The van der Waals surface area contributed by atoms with Gasteiger partial charge in [-0.05, 0) is 31.5 Å². The number of nitrogens with zero attached hydrogens (tertiary/aromatic N) is 2. The van der Waals surface area contributed by atoms with Crippen LogP contribution in [0.2, 0.25) is 0 Å². The number of nitrogens with one attached hydrogen (secondary N) is 2. The van der Waals surface area contributed by atoms with E-state index < -0.39 is 10.0 Å². The van der Waals surface area contributed by atoms with Gasteiger partial charge in [-0.25, -0.2) is 13.2 Å². The first-order chi connectivity index (χ1) is 12.9. The topological polar surface area (TPSA) is 91.0 Å². The number of rotatable bonds is 9. The minimum Gasteiger partial charge on any atom is -0.379 e. The Kier molecular flexibility index (Phi) is 8.33. The lowest BCUT2D eigenvalue weighted by Gasteiger charge is -2.26. The van der Waals surface area contributed by atoms with Crippen LogP contribution in [0.25, 0.3) is 0 Å². The number of morpholine rings is 1. The molecule has 0 bridgehead atoms. The molecular formula is C18H30N4O4S. The molecule has 2 N–H and O–H groups in total. The summed E-state index contributed by atoms with van der Waals surface area (Å²) in [7, 11) is -3.35. The predicted octanol–water partition coefficient (Wildman–Crippen LogP) is 0.783. The molecule has 27 heavy (non-hydrogen) atoms. The molecule has 1 saturated heterocycles. The van der Waals surface area contributed by atoms with E-state index in [9.17, 15) is 13.2 Å². The molecule has 2 rings (SSSR count). The molecule has 1 heterocycles. The van der Waals surface area contributed by atoms with Gasteiger partial charge in [0.1, 0.15) is 0 Å². The van der Waals surface area contributed by atoms with Crippen LogP contribution in [0.1, 0.15) is 12.5 Å². The van der Waals surface area contributed by atoms with Crippen molar-refractivity contribution in [2.75, 3.05) is 63.1 Å². The molecule has 0 unspecified atom stereocenters. The number of carbonyl (C=O) groups is 1. The Morgan fingerprint density at radius 3 is 2.59 bits per heavy atom. The van der Waals surface area contributed by atoms with E-state index in [1.165, 1.54) is 9.87 Å². The average molecular weight is 399 g/mol. The highest BCUT2D eigenvalue weighted by molar-refractivity contribution is 7.89. The van der Waals surface area contributed by atoms with Gasteiger partial charge in [-0.1, -0.05) is 12.1 Å². The Morgan fingerprint density at radius 1 is 1.22 bits per heavy atom. The van der Waals surface area contributed by atoms with Gasteiger partial charge in [-0.15, -0.1) is 0 Å². The number of likely N-dealkylation sites (N-methyl/N-ethyl adjacent to an activating group) is 1. The van der Waals surface area contributed by atoms with E-state index in [2.05, 4.69) is 28.5 Å². The van der Waals surface area contributed by atoms with Gasteiger partial charge in [0.15, 0.2) is 0 Å². The summed E-state index contributed by atoms with van der Waals surface area (Å²) in [6.45, 7) is 7.78. The molecule has 0 atom stereocenters. The third kappa shape index (κ3) is 7.00. The molecule has 0 saturated carbocycles. The molecule has 8 nitrogen and oxygen atoms in total. The first-order valence-electron chi connectivity index (χ1n) is 9.31. The molecule has 0 spiro atoms. The second-order valence-corrected chi connectivity index (χ2v) is 8.52. The largest absolute Gasteiger partial charge is 0.379 e. The highest BCUT2D eigenvalue weighted by Crippen LogP contribution is 2.14. The minimum absolute atomic E-state index is 0.0842. The summed E-state index contributed by atoms with van der Waals surface area (Å²) in [5, 5.41) is 5.39. The summed E-state index contributed by atoms with van der Waals surface area (Å²) < 4.78 is 30.9. The van der Waals surface area contributed by atoms with Crippen LogP contribution in [0.5, 0.6) is 0 Å². The lowest BCUT2D eigenvalue weighted by atomic mass is 10.2. The van der Waals surface area contributed by atoms with Gasteiger partial charge in [0, 0.05) is 45.0 Å². The zero-order chi connectivity index (χ0) is 19.7. The van der Waals surface area contributed by atoms with Crippen molar-refractivity contribution < 1.29 is 17.9 Å². The zero-order valence-corrected chi connectivity index (χ0v) is 16.9. The van der Waals surface area contributed by atoms with E-state index >= 15 is 0 Å². The molecular weight excluding hydrogens is 368 g/mol. The van der Waals surface area contributed by atoms with Crippen molar-refractivity contribution in [2.24, 2.45) is 0 Å². The lowest BCUT2D eigenvalue weighted by molar-refractivity contribution is 0.0730. The smallest absolute Gasteiger partial charge is 0.314 e. The van der Waals surface area contributed by atoms with E-state index in [4.69, 9.17) is 4.74 Å². The van der Waals surface area contributed by atoms with Crippen molar-refractivity contribution in [3.8, 4) is 0 Å². The molecule has 1 aromatic carbocycles. The first kappa shape index (κ1) is 21.5. The van der Waals surface area contributed by atoms with Gasteiger partial charge >= 0.3 is 6.03 Å². The minimum atomic E-state index is -3.35. The van der Waals surface area contributed by atoms with E-state index in [0.717, 1.165) is 12.2 Å². The van der Waals surface area contributed by atoms with Gasteiger partial charge in [-0.2, -0.15) is 4.31 Å². The number of carbonyl (C=O) groups excluding carboxylic acids is 1. The normalized spacial score (nSPS) is 15.3. The van der Waals surface area contributed by atoms with Gasteiger partial charge in [0.2, 0.25) is 10.0 Å². The summed E-state index contributed by atoms with van der Waals surface area (Å²) in [4.78, 5) is 14.1. The number of aryl methyl sites for hydroxylation is 1. The van der Waals surface area contributed by atoms with Crippen molar-refractivity contribution in [3.63, 3.8) is 0 Å². The lowest BCUT2D eigenvalue weighted by Crippen LogP contribution is -2.45. The second kappa shape index (κ2) is 10.5. The van der Waals surface area contributed by atoms with Gasteiger partial charge < -0.3 is 20.3 Å². The molecule has 1 aromatic rings. The Hall–Kier alpha value is -1.84. The number of hydrogen-bond donors (Lipinski definition) is 2. The van der Waals surface area contributed by atoms with E-state index in [0.29, 0.717) is 39.4 Å². The van der Waals surface area contributed by atoms with Crippen molar-refractivity contribution in [2.45, 2.75) is 13.8 Å². The Balaban J connectivity index is 1.68. The summed E-state index contributed by atoms with van der Waals surface area (Å²) >= 11 is 0. The summed E-state index contributed by atoms with van der Waals surface area (Å²) in [6, 6.07) is 7.87. The van der Waals surface area contributed by atoms with Crippen LogP contribution >= 0.6 is 0 Å². The number of urea groups is 1. The van der Waals surface area contributed by atoms with E-state index in [1.54, 1.807) is 0 Å². The van der Waals surface area contributed by atoms with Crippen molar-refractivity contribution in [3.05, 3.63) is 29.8 Å². The SMILES string of the molecule is CCN(CCNC(=O)NCCS(=O)(=O)N1CCOCC1)c1cccc(C)c1. The van der Waals surface area contributed by atoms with E-state index in [-0.39, 0.29) is 18.3 Å². The fraction of sp³-hybridized carbons (Fsp3) is 0.611. The summed E-state index contributed by atoms with van der Waals surface area (Å²) in [5.41, 5.74) is 2.31. The quantitative estimate of drug-likeness (QED) is 0.642. The number of amides is 2. The number of hydrogen-bond acceptors (Lipinski definition) is 5. The molecule has 1 fully saturated rings. The van der Waals surface area contributed by atoms with Crippen LogP contribution in [-0.2, 0) is 14.8 Å². The molecule has 1 aliphatic heterocycles. The van der Waals surface area contributed by atoms with Gasteiger partial charge in [0.05, 0.1) is 19.0 Å². The van der Waals surface area contributed by atoms with Crippen molar-refractivity contribution in [1.82, 2.24) is 14.9 Å². The summed E-state index contributed by atoms with van der Waals surface area (Å²) in [5.74, 6) is -0.106. The highest BCUT2D eigenvalue weighted by atomic mass is 32.2. The molecule has 0 aliphatic carbocycles. The fourth-order valence-corrected chi connectivity index (χ4v) is 4.23. The molecule has 2 amide bonds. The number of benzene rings is 1. The van der Waals surface area contributed by atoms with Crippen LogP contribution in [0, 0.1) is 6.92 Å².